The molecule has 27 heavy (non-hydrogen) atoms. The van der Waals surface area contributed by atoms with Crippen molar-refractivity contribution >= 4 is 29.9 Å². The van der Waals surface area contributed by atoms with Crippen LogP contribution in [-0.4, -0.2) is 60.7 Å². The summed E-state index contributed by atoms with van der Waals surface area (Å²) in [4.78, 5) is 8.78. The normalized spacial score (nSPS) is 15.5. The van der Waals surface area contributed by atoms with Gasteiger partial charge < -0.3 is 14.7 Å². The summed E-state index contributed by atoms with van der Waals surface area (Å²) in [6.07, 6.45) is 1.98. The van der Waals surface area contributed by atoms with Gasteiger partial charge >= 0.3 is 0 Å². The maximum absolute atomic E-state index is 13.7. The third kappa shape index (κ3) is 6.13. The molecule has 148 valence electrons. The number of aromatic nitrogens is 1. The Bertz CT molecular complexity index is 733. The number of piperazine rings is 1. The van der Waals surface area contributed by atoms with Crippen LogP contribution in [0.5, 0.6) is 0 Å². The molecule has 2 aromatic rings. The van der Waals surface area contributed by atoms with Crippen LogP contribution in [0.3, 0.4) is 0 Å². The lowest BCUT2D eigenvalue weighted by molar-refractivity contribution is 0.169. The Morgan fingerprint density at radius 2 is 2.00 bits per heavy atom. The molecule has 6 nitrogen and oxygen atoms in total. The zero-order valence-electron chi connectivity index (χ0n) is 15.2. The van der Waals surface area contributed by atoms with Gasteiger partial charge in [0.25, 0.3) is 0 Å². The highest BCUT2D eigenvalue weighted by atomic mass is 127. The van der Waals surface area contributed by atoms with E-state index in [4.69, 9.17) is 4.52 Å². The first-order chi connectivity index (χ1) is 12.7. The number of hydrogen-bond donors (Lipinski definition) is 1. The van der Waals surface area contributed by atoms with Gasteiger partial charge in [-0.1, -0.05) is 5.16 Å². The highest BCUT2D eigenvalue weighted by Crippen LogP contribution is 2.10. The summed E-state index contributed by atoms with van der Waals surface area (Å²) in [5.41, 5.74) is 1.29. The van der Waals surface area contributed by atoms with Gasteiger partial charge in [-0.2, -0.15) is 0 Å². The molecule has 1 aromatic carbocycles. The minimum atomic E-state index is -0.422. The van der Waals surface area contributed by atoms with Gasteiger partial charge in [-0.25, -0.2) is 8.78 Å². The number of nitrogens with zero attached hydrogens (tertiary/aromatic N) is 4. The van der Waals surface area contributed by atoms with Crippen LogP contribution in [0.25, 0.3) is 0 Å². The molecule has 1 aliphatic rings. The molecule has 0 radical (unpaired) electrons. The van der Waals surface area contributed by atoms with Crippen LogP contribution in [0.15, 0.2) is 40.0 Å². The highest BCUT2D eigenvalue weighted by Gasteiger charge is 2.20. The summed E-state index contributed by atoms with van der Waals surface area (Å²) in [6.45, 7) is 4.73. The molecule has 0 bridgehead atoms. The van der Waals surface area contributed by atoms with Gasteiger partial charge in [0.2, 0.25) is 0 Å². The second kappa shape index (κ2) is 10.5. The maximum Gasteiger partial charge on any atom is 0.193 e. The first kappa shape index (κ1) is 21.5. The van der Waals surface area contributed by atoms with Crippen LogP contribution in [0, 0.1) is 11.6 Å². The van der Waals surface area contributed by atoms with Crippen molar-refractivity contribution in [1.82, 2.24) is 20.3 Å². The van der Waals surface area contributed by atoms with Crippen molar-refractivity contribution in [1.29, 1.82) is 0 Å². The summed E-state index contributed by atoms with van der Waals surface area (Å²) in [5, 5.41) is 7.18. The number of halogens is 3. The summed E-state index contributed by atoms with van der Waals surface area (Å²) in [7, 11) is 1.73. The molecule has 0 amide bonds. The Hall–Kier alpha value is -1.75. The molecule has 0 aliphatic carbocycles. The Morgan fingerprint density at radius 3 is 2.67 bits per heavy atom. The Labute approximate surface area is 174 Å². The average Bonchev–Trinajstić information content (AvgIpc) is 3.15. The molecule has 1 fully saturated rings. The fourth-order valence-electron chi connectivity index (χ4n) is 3.04. The number of aliphatic imine (C=N–C) groups is 1. The first-order valence-corrected chi connectivity index (χ1v) is 8.67. The van der Waals surface area contributed by atoms with E-state index in [1.807, 2.05) is 6.07 Å². The van der Waals surface area contributed by atoms with E-state index in [0.29, 0.717) is 18.5 Å². The average molecular weight is 491 g/mol. The fourth-order valence-corrected chi connectivity index (χ4v) is 3.04. The van der Waals surface area contributed by atoms with Crippen LogP contribution in [0.2, 0.25) is 0 Å². The van der Waals surface area contributed by atoms with Crippen LogP contribution in [-0.2, 0) is 13.0 Å². The van der Waals surface area contributed by atoms with E-state index in [2.05, 4.69) is 25.3 Å². The van der Waals surface area contributed by atoms with E-state index < -0.39 is 5.82 Å². The predicted octanol–water partition coefficient (Wildman–Crippen LogP) is 2.51. The third-order valence-electron chi connectivity index (χ3n) is 4.45. The van der Waals surface area contributed by atoms with Crippen molar-refractivity contribution in [2.24, 2.45) is 4.99 Å². The summed E-state index contributed by atoms with van der Waals surface area (Å²) >= 11 is 0. The molecule has 1 N–H and O–H groups in total. The third-order valence-corrected chi connectivity index (χ3v) is 4.45. The molecule has 1 saturated heterocycles. The Kier molecular flexibility index (Phi) is 8.42. The van der Waals surface area contributed by atoms with E-state index in [1.165, 1.54) is 6.07 Å². The molecule has 0 saturated carbocycles. The molecule has 0 atom stereocenters. The van der Waals surface area contributed by atoms with Gasteiger partial charge in [-0.05, 0) is 30.2 Å². The van der Waals surface area contributed by atoms with E-state index >= 15 is 0 Å². The molecular formula is C18H24F2IN5O. The van der Waals surface area contributed by atoms with E-state index in [9.17, 15) is 8.78 Å². The Balaban J connectivity index is 0.00000261. The number of rotatable bonds is 5. The van der Waals surface area contributed by atoms with Crippen molar-refractivity contribution < 1.29 is 13.3 Å². The lowest BCUT2D eigenvalue weighted by Crippen LogP contribution is -2.52. The van der Waals surface area contributed by atoms with Gasteiger partial charge in [-0.3, -0.25) is 9.89 Å². The molecule has 1 aliphatic heterocycles. The molecule has 3 rings (SSSR count). The quantitative estimate of drug-likeness (QED) is 0.396. The van der Waals surface area contributed by atoms with E-state index in [1.54, 1.807) is 13.3 Å². The summed E-state index contributed by atoms with van der Waals surface area (Å²) in [6, 6.07) is 5.40. The monoisotopic (exact) mass is 491 g/mol. The smallest absolute Gasteiger partial charge is 0.193 e. The second-order valence-electron chi connectivity index (χ2n) is 6.21. The van der Waals surface area contributed by atoms with Gasteiger partial charge in [0, 0.05) is 52.4 Å². The fraction of sp³-hybridized carbons (Fsp3) is 0.444. The SMILES string of the molecule is CN=C(NCCc1cc(F)ccc1F)N1CCN(Cc2ccon2)CC1.I. The predicted molar refractivity (Wildman–Crippen MR) is 110 cm³/mol. The van der Waals surface area contributed by atoms with Gasteiger partial charge in [-0.15, -0.1) is 24.0 Å². The zero-order chi connectivity index (χ0) is 18.4. The van der Waals surface area contributed by atoms with Gasteiger partial charge in [0.1, 0.15) is 17.9 Å². The van der Waals surface area contributed by atoms with E-state index in [0.717, 1.165) is 56.5 Å². The zero-order valence-corrected chi connectivity index (χ0v) is 17.5. The highest BCUT2D eigenvalue weighted by molar-refractivity contribution is 14.0. The van der Waals surface area contributed by atoms with Crippen LogP contribution >= 0.6 is 24.0 Å². The number of benzene rings is 1. The number of guanidine groups is 1. The molecule has 0 spiro atoms. The second-order valence-corrected chi connectivity index (χ2v) is 6.21. The summed E-state index contributed by atoms with van der Waals surface area (Å²) in [5.74, 6) is -0.0263. The van der Waals surface area contributed by atoms with Gasteiger partial charge in [0.15, 0.2) is 5.96 Å². The number of hydrogen-bond acceptors (Lipinski definition) is 4. The molecule has 1 aromatic heterocycles. The van der Waals surface area contributed by atoms with Crippen molar-refractivity contribution in [2.75, 3.05) is 39.8 Å². The largest absolute Gasteiger partial charge is 0.364 e. The van der Waals surface area contributed by atoms with E-state index in [-0.39, 0.29) is 29.8 Å². The molecule has 2 heterocycles. The minimum absolute atomic E-state index is 0. The van der Waals surface area contributed by atoms with Gasteiger partial charge in [0.05, 0.1) is 5.69 Å². The molecular weight excluding hydrogens is 467 g/mol. The van der Waals surface area contributed by atoms with Crippen LogP contribution in [0.4, 0.5) is 8.78 Å². The lowest BCUT2D eigenvalue weighted by atomic mass is 10.1. The lowest BCUT2D eigenvalue weighted by Gasteiger charge is -2.36. The van der Waals surface area contributed by atoms with Crippen molar-refractivity contribution in [3.63, 3.8) is 0 Å². The Morgan fingerprint density at radius 1 is 1.22 bits per heavy atom. The first-order valence-electron chi connectivity index (χ1n) is 8.67. The summed E-state index contributed by atoms with van der Waals surface area (Å²) < 4.78 is 31.8. The maximum atomic E-state index is 13.7. The molecule has 0 unspecified atom stereocenters. The topological polar surface area (TPSA) is 56.9 Å². The van der Waals surface area contributed by atoms with Crippen LogP contribution in [0.1, 0.15) is 11.3 Å². The number of nitrogens with one attached hydrogen (secondary N) is 1. The minimum Gasteiger partial charge on any atom is -0.364 e. The van der Waals surface area contributed by atoms with Crippen molar-refractivity contribution in [2.45, 2.75) is 13.0 Å². The van der Waals surface area contributed by atoms with Crippen molar-refractivity contribution in [3.05, 3.63) is 53.4 Å². The van der Waals surface area contributed by atoms with Crippen LogP contribution < -0.4 is 5.32 Å². The standard InChI is InChI=1S/C18H23F2N5O.HI/c1-21-18(22-6-4-14-12-15(19)2-3-17(14)20)25-9-7-24(8-10-25)13-16-5-11-26-23-16;/h2-3,5,11-12H,4,6-10,13H2,1H3,(H,21,22);1H. The van der Waals surface area contributed by atoms with Crippen molar-refractivity contribution in [3.8, 4) is 0 Å². The molecule has 9 heteroatoms.